The molecule has 0 radical (unpaired) electrons. The van der Waals surface area contributed by atoms with E-state index in [4.69, 9.17) is 4.42 Å². The van der Waals surface area contributed by atoms with Gasteiger partial charge < -0.3 is 4.42 Å². The van der Waals surface area contributed by atoms with Gasteiger partial charge in [-0.1, -0.05) is 264 Å². The molecule has 0 atom stereocenters. The quantitative estimate of drug-likeness (QED) is 0.158. The van der Waals surface area contributed by atoms with Gasteiger partial charge in [-0.15, -0.1) is 22.7 Å². The molecule has 11 rings (SSSR count). The van der Waals surface area contributed by atoms with Crippen molar-refractivity contribution in [2.45, 2.75) is 265 Å². The Balaban J connectivity index is -0.000000175. The molecule has 4 aromatic carbocycles. The van der Waals surface area contributed by atoms with Gasteiger partial charge in [0.15, 0.2) is 11.5 Å². The van der Waals surface area contributed by atoms with E-state index in [1.165, 1.54) is 45.7 Å². The fourth-order valence-electron chi connectivity index (χ4n) is 6.63. The zero-order chi connectivity index (χ0) is 66.4. The zero-order valence-corrected chi connectivity index (χ0v) is 62.4. The molecule has 0 aliphatic carbocycles. The number of pyridine rings is 2. The second kappa shape index (κ2) is 58.3. The number of thiazole rings is 2. The van der Waals surface area contributed by atoms with Crippen molar-refractivity contribution in [1.29, 1.82) is 0 Å². The molecule has 90 heavy (non-hydrogen) atoms. The Labute approximate surface area is 568 Å². The van der Waals surface area contributed by atoms with Crippen molar-refractivity contribution in [3.63, 3.8) is 0 Å². The van der Waals surface area contributed by atoms with Gasteiger partial charge in [0.05, 0.1) is 37.0 Å². The number of benzene rings is 4. The second-order valence-electron chi connectivity index (χ2n) is 19.5. The summed E-state index contributed by atoms with van der Waals surface area (Å²) in [6.07, 6.45) is 3.82. The molecule has 0 bridgehead atoms. The monoisotopic (exact) mass is 1340 g/mol. The molecule has 8 nitrogen and oxygen atoms in total. The van der Waals surface area contributed by atoms with Gasteiger partial charge in [-0.3, -0.25) is 4.98 Å². The summed E-state index contributed by atoms with van der Waals surface area (Å²) in [5.41, 5.74) is 8.95. The molecule has 7 aromatic heterocycles. The Bertz CT molecular complexity index is 2970. The van der Waals surface area contributed by atoms with Crippen molar-refractivity contribution >= 4 is 84.7 Å². The van der Waals surface area contributed by atoms with Crippen LogP contribution in [-0.4, -0.2) is 49.0 Å². The zero-order valence-electron chi connectivity index (χ0n) is 59.1. The van der Waals surface area contributed by atoms with Crippen LogP contribution in [0.5, 0.6) is 0 Å². The molecule has 0 spiro atoms. The van der Waals surface area contributed by atoms with Gasteiger partial charge >= 0.3 is 84.3 Å². The predicted octanol–water partition coefficient (Wildman–Crippen LogP) is 27.8. The van der Waals surface area contributed by atoms with Crippen molar-refractivity contribution in [3.8, 4) is 0 Å². The molecule has 0 saturated heterocycles. The molecule has 508 valence electrons. The van der Waals surface area contributed by atoms with Crippen LogP contribution in [0, 0.1) is 0 Å². The SMILES string of the molecule is C.C.C.C.CC.CC.CC.CC.CC.CC.CC.CC.CC(C)(C)c1nc2ccccc2[se]1.CC(C)c1cc2ccccn2n1.CC(C)c1ccc2ccccc2n1.CC(C)c1nc2ccccc2o1.CC(C)c1nc2ccccc2s1.CC(C)c1nccs1. The molecule has 0 amide bonds. The molecule has 0 unspecified atom stereocenters. The molecule has 0 fully saturated rings. The first-order valence-corrected chi connectivity index (χ1v) is 35.6. The summed E-state index contributed by atoms with van der Waals surface area (Å²) in [4.78, 5) is 22.3. The van der Waals surface area contributed by atoms with E-state index in [1.807, 2.05) is 188 Å². The van der Waals surface area contributed by atoms with E-state index in [0.717, 1.165) is 33.7 Å². The normalized spacial score (nSPS) is 9.31. The van der Waals surface area contributed by atoms with Gasteiger partial charge in [-0.2, -0.15) is 5.10 Å². The van der Waals surface area contributed by atoms with Crippen LogP contribution in [-0.2, 0) is 5.41 Å². The van der Waals surface area contributed by atoms with Crippen LogP contribution in [0.1, 0.15) is 292 Å². The first-order chi connectivity index (χ1) is 41.5. The third-order valence-electron chi connectivity index (χ3n) is 10.7. The number of oxazole rings is 1. The molecule has 0 saturated carbocycles. The minimum Gasteiger partial charge on any atom is -0.440 e. The Hall–Kier alpha value is -5.84. The number of nitrogens with zero attached hydrogens (tertiary/aromatic N) is 7. The maximum Gasteiger partial charge on any atom is 0.198 e. The summed E-state index contributed by atoms with van der Waals surface area (Å²) in [5, 5.41) is 10.1. The van der Waals surface area contributed by atoms with Crippen molar-refractivity contribution < 1.29 is 4.42 Å². The largest absolute Gasteiger partial charge is 0.440 e. The van der Waals surface area contributed by atoms with Crippen LogP contribution in [0.4, 0.5) is 0 Å². The van der Waals surface area contributed by atoms with Gasteiger partial charge in [-0.25, -0.2) is 19.5 Å². The van der Waals surface area contributed by atoms with Crippen molar-refractivity contribution in [2.24, 2.45) is 0 Å². The molecule has 11 aromatic rings. The third kappa shape index (κ3) is 35.7. The van der Waals surface area contributed by atoms with Gasteiger partial charge in [0.25, 0.3) is 0 Å². The second-order valence-corrected chi connectivity index (χ2v) is 23.6. The molecule has 0 aliphatic rings. The summed E-state index contributed by atoms with van der Waals surface area (Å²) in [5.74, 6) is 3.32. The maximum absolute atomic E-state index is 5.52. The number of para-hydroxylation sites is 5. The van der Waals surface area contributed by atoms with Crippen molar-refractivity contribution in [1.82, 2.24) is 34.5 Å². The molecule has 0 aliphatic heterocycles. The van der Waals surface area contributed by atoms with E-state index in [0.29, 0.717) is 44.1 Å². The number of rotatable bonds is 5. The Morgan fingerprint density at radius 2 is 0.933 bits per heavy atom. The minimum absolute atomic E-state index is 0. The number of aromatic nitrogens is 7. The van der Waals surface area contributed by atoms with Gasteiger partial charge in [0, 0.05) is 46.6 Å². The molecule has 7 heterocycles. The summed E-state index contributed by atoms with van der Waals surface area (Å²) in [7, 11) is 0. The van der Waals surface area contributed by atoms with Gasteiger partial charge in [-0.05, 0) is 66.4 Å². The fourth-order valence-corrected chi connectivity index (χ4v) is 10.4. The summed E-state index contributed by atoms with van der Waals surface area (Å²) in [6.45, 7) is 60.2. The van der Waals surface area contributed by atoms with E-state index >= 15 is 0 Å². The number of hydrogen-bond donors (Lipinski definition) is 0. The first-order valence-electron chi connectivity index (χ1n) is 32.2. The summed E-state index contributed by atoms with van der Waals surface area (Å²) in [6, 6.07) is 45.2. The van der Waals surface area contributed by atoms with Crippen LogP contribution in [0.2, 0.25) is 0 Å². The number of hydrogen-bond acceptors (Lipinski definition) is 9. The Morgan fingerprint density at radius 1 is 0.444 bits per heavy atom. The standard InChI is InChI=1S/C12H13N.C11H13NSe.C10H12N2.C10H11NO.C10H11NS.C6H9NS.8C2H6.4CH4/c1-9(2)11-8-7-10-5-3-4-6-12(10)13-11;1-11(2,3)10-12-8-6-4-5-7-9(8)13-10;1-8(2)10-7-9-5-3-4-6-12(9)11-10;2*1-7(2)10-11-8-5-3-4-6-9(8)12-10;1-5(2)6-7-3-4-8-6;8*1-2;;;;/h3-9H,1-2H3;4-7H,1-3H3;3-8H,1-2H3;2*3-7H,1-2H3;3-5H,1-2H3;8*1-2H3;4*1H4. The van der Waals surface area contributed by atoms with E-state index in [2.05, 4.69) is 199 Å². The van der Waals surface area contributed by atoms with Crippen molar-refractivity contribution in [2.75, 3.05) is 0 Å². The Morgan fingerprint density at radius 3 is 1.39 bits per heavy atom. The van der Waals surface area contributed by atoms with E-state index < -0.39 is 0 Å². The number of fused-ring (bicyclic) bond motifs is 5. The third-order valence-corrected chi connectivity index (χ3v) is 16.2. The Kier molecular flexibility index (Phi) is 63.3. The molecule has 11 heteroatoms. The van der Waals surface area contributed by atoms with Gasteiger partial charge in [0.1, 0.15) is 5.52 Å². The minimum atomic E-state index is 0. The van der Waals surface area contributed by atoms with Crippen molar-refractivity contribution in [3.05, 3.63) is 183 Å². The maximum atomic E-state index is 5.52. The topological polar surface area (TPSA) is 94.9 Å². The van der Waals surface area contributed by atoms with Crippen LogP contribution in [0.15, 0.2) is 156 Å². The molecular weight excluding hydrogens is 1210 g/mol. The molecular formula is C79H133N7OS2Se. The average molecular weight is 1340 g/mol. The molecule has 0 N–H and O–H groups in total. The van der Waals surface area contributed by atoms with Crippen LogP contribution in [0.3, 0.4) is 0 Å². The van der Waals surface area contributed by atoms with Crippen LogP contribution < -0.4 is 0 Å². The van der Waals surface area contributed by atoms with Crippen LogP contribution >= 0.6 is 22.7 Å². The average Bonchev–Trinajstić information content (AvgIpc) is 1.72. The predicted molar refractivity (Wildman–Crippen MR) is 418 cm³/mol. The van der Waals surface area contributed by atoms with E-state index in [-0.39, 0.29) is 35.1 Å². The smallest absolute Gasteiger partial charge is 0.198 e. The van der Waals surface area contributed by atoms with E-state index in [9.17, 15) is 0 Å². The summed E-state index contributed by atoms with van der Waals surface area (Å²) >= 11 is 3.97. The van der Waals surface area contributed by atoms with E-state index in [1.54, 1.807) is 22.7 Å². The fraction of sp³-hybridized carbons (Fsp3) is 0.494. The van der Waals surface area contributed by atoms with Gasteiger partial charge in [0.2, 0.25) is 0 Å². The first kappa shape index (κ1) is 97.8. The van der Waals surface area contributed by atoms with Crippen LogP contribution in [0.25, 0.3) is 47.5 Å². The summed E-state index contributed by atoms with van der Waals surface area (Å²) < 4.78 is 11.5.